The maximum atomic E-state index is 9.99. The highest BCUT2D eigenvalue weighted by Gasteiger charge is 2.44. The molecule has 3 heterocycles. The fourth-order valence-electron chi connectivity index (χ4n) is 2.21. The average molecular weight is 320 g/mol. The first-order chi connectivity index (χ1) is 9.52. The van der Waals surface area contributed by atoms with Gasteiger partial charge in [0.25, 0.3) is 0 Å². The molecule has 1 aliphatic rings. The van der Waals surface area contributed by atoms with Crippen molar-refractivity contribution in [2.75, 3.05) is 12.3 Å². The molecule has 0 radical (unpaired) electrons. The largest absolute Gasteiger partial charge is 0.412 e. The van der Waals surface area contributed by atoms with Crippen molar-refractivity contribution in [3.05, 3.63) is 11.6 Å². The van der Waals surface area contributed by atoms with Gasteiger partial charge in [0, 0.05) is 0 Å². The number of hydrogen-bond donors (Lipinski definition) is 4. The van der Waals surface area contributed by atoms with E-state index in [1.807, 2.05) is 0 Å². The number of aliphatic hydroxyl groups excluding tert-OH is 3. The first-order valence-electron chi connectivity index (χ1n) is 5.81. The van der Waals surface area contributed by atoms with Gasteiger partial charge in [-0.1, -0.05) is 0 Å². The second-order valence-electron chi connectivity index (χ2n) is 4.43. The second kappa shape index (κ2) is 5.67. The maximum Gasteiger partial charge on any atom is 0.226 e. The molecule has 0 amide bonds. The number of halogens is 1. The Bertz CT molecular complexity index is 652. The predicted octanol–water partition coefficient (Wildman–Crippen LogP) is -2.15. The predicted molar refractivity (Wildman–Crippen MR) is 71.4 cm³/mol. The van der Waals surface area contributed by atoms with E-state index in [1.165, 1.54) is 10.9 Å². The zero-order valence-corrected chi connectivity index (χ0v) is 11.3. The molecule has 2 aromatic rings. The van der Waals surface area contributed by atoms with E-state index in [4.69, 9.17) is 27.2 Å². The van der Waals surface area contributed by atoms with Crippen molar-refractivity contribution in [2.24, 2.45) is 0 Å². The number of ether oxygens (including phenoxy) is 1. The zero-order valence-electron chi connectivity index (χ0n) is 10.6. The van der Waals surface area contributed by atoms with E-state index >= 15 is 0 Å². The number of aromatic nitrogens is 4. The van der Waals surface area contributed by atoms with Crippen LogP contribution in [0.3, 0.4) is 0 Å². The Morgan fingerprint density at radius 2 is 2.05 bits per heavy atom. The van der Waals surface area contributed by atoms with E-state index < -0.39 is 31.1 Å². The highest BCUT2D eigenvalue weighted by atomic mass is 35.5. The van der Waals surface area contributed by atoms with Crippen molar-refractivity contribution >= 4 is 28.6 Å². The van der Waals surface area contributed by atoms with E-state index in [0.717, 1.165) is 0 Å². The number of imidazole rings is 1. The van der Waals surface area contributed by atoms with Gasteiger partial charge in [0.1, 0.15) is 23.8 Å². The number of rotatable bonds is 2. The highest BCUT2D eigenvalue weighted by molar-refractivity contribution is 6.28. The molecule has 4 unspecified atom stereocenters. The van der Waals surface area contributed by atoms with Crippen molar-refractivity contribution < 1.29 is 25.5 Å². The number of nitrogens with zero attached hydrogens (tertiary/aromatic N) is 4. The van der Waals surface area contributed by atoms with Crippen molar-refractivity contribution in [2.45, 2.75) is 24.5 Å². The van der Waals surface area contributed by atoms with Crippen LogP contribution < -0.4 is 5.73 Å². The summed E-state index contributed by atoms with van der Waals surface area (Å²) in [6.45, 7) is -0.417. The molecule has 2 aromatic heterocycles. The summed E-state index contributed by atoms with van der Waals surface area (Å²) in [7, 11) is 0. The van der Waals surface area contributed by atoms with E-state index in [9.17, 15) is 10.2 Å². The molecule has 4 atom stereocenters. The van der Waals surface area contributed by atoms with Crippen molar-refractivity contribution in [1.82, 2.24) is 19.5 Å². The second-order valence-corrected chi connectivity index (χ2v) is 4.77. The minimum Gasteiger partial charge on any atom is -0.412 e. The van der Waals surface area contributed by atoms with E-state index in [2.05, 4.69) is 15.0 Å². The first kappa shape index (κ1) is 15.8. The van der Waals surface area contributed by atoms with Crippen molar-refractivity contribution in [3.63, 3.8) is 0 Å². The molecule has 1 saturated heterocycles. The lowest BCUT2D eigenvalue weighted by Crippen LogP contribution is -2.33. The van der Waals surface area contributed by atoms with Gasteiger partial charge in [-0.25, -0.2) is 4.98 Å². The van der Waals surface area contributed by atoms with Crippen LogP contribution in [0, 0.1) is 0 Å². The quantitative estimate of drug-likeness (QED) is 0.453. The summed E-state index contributed by atoms with van der Waals surface area (Å²) in [5.41, 5.74) is 6.27. The third-order valence-corrected chi connectivity index (χ3v) is 3.38. The Balaban J connectivity index is 0.00000161. The molecule has 116 valence electrons. The van der Waals surface area contributed by atoms with Gasteiger partial charge in [0.15, 0.2) is 17.7 Å². The average Bonchev–Trinajstić information content (AvgIpc) is 2.93. The minimum absolute atomic E-state index is 0. The third-order valence-electron chi connectivity index (χ3n) is 3.21. The minimum atomic E-state index is -1.24. The van der Waals surface area contributed by atoms with Crippen LogP contribution in [0.15, 0.2) is 6.33 Å². The SMILES string of the molecule is Nc1nc(Cl)nc2c1ncn2C1OC(CO)C(O)C1O.O. The van der Waals surface area contributed by atoms with Crippen LogP contribution in [-0.4, -0.2) is 65.2 Å². The maximum absolute atomic E-state index is 9.99. The smallest absolute Gasteiger partial charge is 0.226 e. The van der Waals surface area contributed by atoms with E-state index in [0.29, 0.717) is 5.52 Å². The molecular formula is C10H14ClN5O5. The van der Waals surface area contributed by atoms with Crippen LogP contribution in [0.1, 0.15) is 6.23 Å². The summed E-state index contributed by atoms with van der Waals surface area (Å²) in [6.07, 6.45) is -2.93. The van der Waals surface area contributed by atoms with Crippen LogP contribution in [0.4, 0.5) is 5.82 Å². The highest BCUT2D eigenvalue weighted by Crippen LogP contribution is 2.32. The summed E-state index contributed by atoms with van der Waals surface area (Å²) < 4.78 is 6.79. The normalized spacial score (nSPS) is 28.8. The lowest BCUT2D eigenvalue weighted by Gasteiger charge is -2.16. The number of hydrogen-bond acceptors (Lipinski definition) is 8. The molecule has 10 nitrogen and oxygen atoms in total. The van der Waals surface area contributed by atoms with Crippen LogP contribution in [0.5, 0.6) is 0 Å². The van der Waals surface area contributed by atoms with Gasteiger partial charge >= 0.3 is 0 Å². The molecule has 0 saturated carbocycles. The zero-order chi connectivity index (χ0) is 14.4. The topological polar surface area (TPSA) is 171 Å². The molecule has 11 heteroatoms. The van der Waals surface area contributed by atoms with Gasteiger partial charge in [0.05, 0.1) is 12.9 Å². The molecule has 1 aliphatic heterocycles. The van der Waals surface area contributed by atoms with Gasteiger partial charge < -0.3 is 31.3 Å². The summed E-state index contributed by atoms with van der Waals surface area (Å²) in [4.78, 5) is 11.8. The fourth-order valence-corrected chi connectivity index (χ4v) is 2.38. The number of aliphatic hydroxyl groups is 3. The lowest BCUT2D eigenvalue weighted by molar-refractivity contribution is -0.0511. The Morgan fingerprint density at radius 1 is 1.33 bits per heavy atom. The molecule has 1 fully saturated rings. The monoisotopic (exact) mass is 319 g/mol. The van der Waals surface area contributed by atoms with Crippen molar-refractivity contribution in [1.29, 1.82) is 0 Å². The molecule has 3 rings (SSSR count). The van der Waals surface area contributed by atoms with Crippen LogP contribution in [0.25, 0.3) is 11.2 Å². The summed E-state index contributed by atoms with van der Waals surface area (Å²) in [6, 6.07) is 0. The van der Waals surface area contributed by atoms with Crippen LogP contribution in [-0.2, 0) is 4.74 Å². The van der Waals surface area contributed by atoms with Gasteiger partial charge in [-0.15, -0.1) is 0 Å². The number of nitrogens with two attached hydrogens (primary N) is 1. The fraction of sp³-hybridized carbons (Fsp3) is 0.500. The Hall–Kier alpha value is -1.56. The van der Waals surface area contributed by atoms with Crippen LogP contribution >= 0.6 is 11.6 Å². The number of fused-ring (bicyclic) bond motifs is 1. The summed E-state index contributed by atoms with van der Waals surface area (Å²) in [5, 5.41) is 28.8. The molecule has 21 heavy (non-hydrogen) atoms. The van der Waals surface area contributed by atoms with Crippen LogP contribution in [0.2, 0.25) is 5.28 Å². The number of anilines is 1. The molecular weight excluding hydrogens is 306 g/mol. The molecule has 0 bridgehead atoms. The van der Waals surface area contributed by atoms with Gasteiger partial charge in [0.2, 0.25) is 5.28 Å². The Morgan fingerprint density at radius 3 is 2.67 bits per heavy atom. The van der Waals surface area contributed by atoms with Gasteiger partial charge in [-0.05, 0) is 11.6 Å². The van der Waals surface area contributed by atoms with E-state index in [-0.39, 0.29) is 22.2 Å². The van der Waals surface area contributed by atoms with E-state index in [1.54, 1.807) is 0 Å². The van der Waals surface area contributed by atoms with Gasteiger partial charge in [-0.2, -0.15) is 9.97 Å². The third kappa shape index (κ3) is 2.41. The van der Waals surface area contributed by atoms with Crippen molar-refractivity contribution in [3.8, 4) is 0 Å². The molecule has 7 N–H and O–H groups in total. The summed E-state index contributed by atoms with van der Waals surface area (Å²) in [5.74, 6) is 0.102. The Labute approximate surface area is 123 Å². The molecule has 0 aliphatic carbocycles. The summed E-state index contributed by atoms with van der Waals surface area (Å²) >= 11 is 5.74. The lowest BCUT2D eigenvalue weighted by atomic mass is 10.1. The first-order valence-corrected chi connectivity index (χ1v) is 6.18. The Kier molecular flexibility index (Phi) is 4.27. The number of nitrogen functional groups attached to an aromatic ring is 1. The molecule has 0 aromatic carbocycles. The van der Waals surface area contributed by atoms with Gasteiger partial charge in [-0.3, -0.25) is 4.57 Å². The standard InChI is InChI=1S/C10H12ClN5O4.H2O/c11-10-14-7(12)4-8(15-10)16(2-13-4)9-6(19)5(18)3(1-17)20-9;/h2-3,5-6,9,17-19H,1H2,(H2,12,14,15);1H2. The molecule has 0 spiro atoms.